The average Bonchev–Trinajstić information content (AvgIpc) is 3.01. The molecule has 1 fully saturated rings. The second-order valence-corrected chi connectivity index (χ2v) is 5.37. The standard InChI is InChI=1S/C15H20N4O/c1-11-7-13(15-19-18-10-20-15)4-5-14(11)17-9-12-3-2-6-16-8-12/h4-5,7,10,12,16-17H,2-3,6,8-9H2,1H3. The molecule has 0 radical (unpaired) electrons. The lowest BCUT2D eigenvalue weighted by Gasteiger charge is -2.23. The molecule has 0 aliphatic carbocycles. The highest BCUT2D eigenvalue weighted by Crippen LogP contribution is 2.23. The van der Waals surface area contributed by atoms with Gasteiger partial charge in [-0.15, -0.1) is 10.2 Å². The Morgan fingerprint density at radius 3 is 3.10 bits per heavy atom. The summed E-state index contributed by atoms with van der Waals surface area (Å²) in [7, 11) is 0. The zero-order valence-electron chi connectivity index (χ0n) is 11.7. The Bertz CT molecular complexity index is 547. The zero-order valence-corrected chi connectivity index (χ0v) is 11.7. The van der Waals surface area contributed by atoms with Gasteiger partial charge in [0.2, 0.25) is 12.3 Å². The fourth-order valence-electron chi connectivity index (χ4n) is 2.65. The van der Waals surface area contributed by atoms with Crippen LogP contribution in [0, 0.1) is 12.8 Å². The summed E-state index contributed by atoms with van der Waals surface area (Å²) in [5, 5.41) is 14.6. The summed E-state index contributed by atoms with van der Waals surface area (Å²) >= 11 is 0. The van der Waals surface area contributed by atoms with Crippen molar-refractivity contribution in [3.63, 3.8) is 0 Å². The third kappa shape index (κ3) is 2.99. The van der Waals surface area contributed by atoms with Crippen molar-refractivity contribution in [1.29, 1.82) is 0 Å². The lowest BCUT2D eigenvalue weighted by Crippen LogP contribution is -2.33. The van der Waals surface area contributed by atoms with Crippen molar-refractivity contribution in [3.8, 4) is 11.5 Å². The Balaban J connectivity index is 1.65. The predicted octanol–water partition coefficient (Wildman–Crippen LogP) is 2.46. The number of aromatic nitrogens is 2. The van der Waals surface area contributed by atoms with Gasteiger partial charge in [0, 0.05) is 17.8 Å². The first-order valence-electron chi connectivity index (χ1n) is 7.15. The highest BCUT2D eigenvalue weighted by molar-refractivity contribution is 5.62. The van der Waals surface area contributed by atoms with Crippen molar-refractivity contribution in [2.24, 2.45) is 5.92 Å². The van der Waals surface area contributed by atoms with Crippen LogP contribution in [0.4, 0.5) is 5.69 Å². The molecule has 5 heteroatoms. The van der Waals surface area contributed by atoms with E-state index in [1.54, 1.807) is 0 Å². The highest BCUT2D eigenvalue weighted by Gasteiger charge is 2.13. The van der Waals surface area contributed by atoms with Gasteiger partial charge in [0.25, 0.3) is 0 Å². The van der Waals surface area contributed by atoms with Crippen molar-refractivity contribution >= 4 is 5.69 Å². The predicted molar refractivity (Wildman–Crippen MR) is 78.6 cm³/mol. The maximum Gasteiger partial charge on any atom is 0.247 e. The fourth-order valence-corrected chi connectivity index (χ4v) is 2.65. The van der Waals surface area contributed by atoms with Crippen LogP contribution in [0.3, 0.4) is 0 Å². The maximum atomic E-state index is 5.22. The quantitative estimate of drug-likeness (QED) is 0.895. The van der Waals surface area contributed by atoms with Gasteiger partial charge in [0.1, 0.15) is 0 Å². The maximum absolute atomic E-state index is 5.22. The Morgan fingerprint density at radius 2 is 2.40 bits per heavy atom. The van der Waals surface area contributed by atoms with Crippen molar-refractivity contribution in [2.45, 2.75) is 19.8 Å². The molecule has 106 valence electrons. The molecule has 1 aliphatic rings. The third-order valence-electron chi connectivity index (χ3n) is 3.81. The van der Waals surface area contributed by atoms with Gasteiger partial charge in [-0.3, -0.25) is 0 Å². The lowest BCUT2D eigenvalue weighted by molar-refractivity contribution is 0.393. The summed E-state index contributed by atoms with van der Waals surface area (Å²) in [5.41, 5.74) is 3.34. The number of piperidine rings is 1. The summed E-state index contributed by atoms with van der Waals surface area (Å²) in [5.74, 6) is 1.29. The largest absolute Gasteiger partial charge is 0.423 e. The van der Waals surface area contributed by atoms with E-state index in [4.69, 9.17) is 4.42 Å². The number of hydrogen-bond donors (Lipinski definition) is 2. The molecule has 0 amide bonds. The van der Waals surface area contributed by atoms with Gasteiger partial charge in [-0.1, -0.05) is 0 Å². The Hall–Kier alpha value is -1.88. The van der Waals surface area contributed by atoms with Crippen molar-refractivity contribution in [3.05, 3.63) is 30.2 Å². The van der Waals surface area contributed by atoms with E-state index in [0.29, 0.717) is 5.89 Å². The molecule has 0 spiro atoms. The Morgan fingerprint density at radius 1 is 1.45 bits per heavy atom. The molecule has 1 aromatic carbocycles. The molecule has 1 aromatic heterocycles. The Labute approximate surface area is 118 Å². The summed E-state index contributed by atoms with van der Waals surface area (Å²) in [6.45, 7) is 5.40. The minimum Gasteiger partial charge on any atom is -0.423 e. The van der Waals surface area contributed by atoms with Gasteiger partial charge in [0.05, 0.1) is 0 Å². The summed E-state index contributed by atoms with van der Waals surface area (Å²) in [6.07, 6.45) is 3.94. The molecule has 1 unspecified atom stereocenters. The molecule has 0 saturated carbocycles. The molecule has 2 aromatic rings. The summed E-state index contributed by atoms with van der Waals surface area (Å²) in [6, 6.07) is 6.18. The molecule has 5 nitrogen and oxygen atoms in total. The van der Waals surface area contributed by atoms with Crippen molar-refractivity contribution < 1.29 is 4.42 Å². The van der Waals surface area contributed by atoms with Crippen molar-refractivity contribution in [1.82, 2.24) is 15.5 Å². The molecule has 1 atom stereocenters. The van der Waals surface area contributed by atoms with Gasteiger partial charge in [-0.2, -0.15) is 0 Å². The summed E-state index contributed by atoms with van der Waals surface area (Å²) < 4.78 is 5.22. The van der Waals surface area contributed by atoms with Crippen LogP contribution in [0.15, 0.2) is 29.0 Å². The van der Waals surface area contributed by atoms with Crippen LogP contribution in [0.25, 0.3) is 11.5 Å². The van der Waals surface area contributed by atoms with Gasteiger partial charge in [-0.25, -0.2) is 0 Å². The first-order chi connectivity index (χ1) is 9.83. The number of nitrogens with zero attached hydrogens (tertiary/aromatic N) is 2. The normalized spacial score (nSPS) is 18.9. The van der Waals surface area contributed by atoms with Crippen LogP contribution in [0.5, 0.6) is 0 Å². The van der Waals surface area contributed by atoms with Crippen LogP contribution in [0.1, 0.15) is 18.4 Å². The van der Waals surface area contributed by atoms with Crippen LogP contribution in [-0.2, 0) is 0 Å². The second-order valence-electron chi connectivity index (χ2n) is 5.37. The highest BCUT2D eigenvalue weighted by atomic mass is 16.4. The molecule has 0 bridgehead atoms. The van der Waals surface area contributed by atoms with E-state index in [0.717, 1.165) is 31.1 Å². The molecule has 2 heterocycles. The van der Waals surface area contributed by atoms with Crippen LogP contribution < -0.4 is 10.6 Å². The van der Waals surface area contributed by atoms with Gasteiger partial charge in [-0.05, 0) is 62.5 Å². The van der Waals surface area contributed by atoms with Gasteiger partial charge >= 0.3 is 0 Å². The molecule has 3 rings (SSSR count). The van der Waals surface area contributed by atoms with E-state index in [2.05, 4.69) is 39.9 Å². The number of rotatable bonds is 4. The first kappa shape index (κ1) is 13.1. The van der Waals surface area contributed by atoms with Gasteiger partial charge < -0.3 is 15.1 Å². The van der Waals surface area contributed by atoms with E-state index in [-0.39, 0.29) is 0 Å². The monoisotopic (exact) mass is 272 g/mol. The molecule has 1 saturated heterocycles. The van der Waals surface area contributed by atoms with E-state index in [9.17, 15) is 0 Å². The Kier molecular flexibility index (Phi) is 3.97. The molecule has 20 heavy (non-hydrogen) atoms. The van der Waals surface area contributed by atoms with E-state index in [1.807, 2.05) is 6.07 Å². The van der Waals surface area contributed by atoms with Crippen LogP contribution >= 0.6 is 0 Å². The minimum absolute atomic E-state index is 0.566. The molecular formula is C15H20N4O. The number of benzene rings is 1. The van der Waals surface area contributed by atoms with Crippen LogP contribution in [-0.4, -0.2) is 29.8 Å². The summed E-state index contributed by atoms with van der Waals surface area (Å²) in [4.78, 5) is 0. The van der Waals surface area contributed by atoms with E-state index in [1.165, 1.54) is 30.5 Å². The lowest BCUT2D eigenvalue weighted by atomic mass is 9.99. The van der Waals surface area contributed by atoms with Crippen LogP contribution in [0.2, 0.25) is 0 Å². The second kappa shape index (κ2) is 6.05. The van der Waals surface area contributed by atoms with Crippen molar-refractivity contribution in [2.75, 3.05) is 25.0 Å². The molecular weight excluding hydrogens is 252 g/mol. The zero-order chi connectivity index (χ0) is 13.8. The minimum atomic E-state index is 0.566. The van der Waals surface area contributed by atoms with E-state index >= 15 is 0 Å². The SMILES string of the molecule is Cc1cc(-c2nnco2)ccc1NCC1CCCNC1. The molecule has 2 N–H and O–H groups in total. The topological polar surface area (TPSA) is 63.0 Å². The number of hydrogen-bond acceptors (Lipinski definition) is 5. The number of aryl methyl sites for hydroxylation is 1. The number of anilines is 1. The average molecular weight is 272 g/mol. The smallest absolute Gasteiger partial charge is 0.247 e. The number of nitrogens with one attached hydrogen (secondary N) is 2. The fraction of sp³-hybridized carbons (Fsp3) is 0.467. The first-order valence-corrected chi connectivity index (χ1v) is 7.15. The third-order valence-corrected chi connectivity index (χ3v) is 3.81. The van der Waals surface area contributed by atoms with E-state index < -0.39 is 0 Å². The molecule has 1 aliphatic heterocycles. The van der Waals surface area contributed by atoms with Gasteiger partial charge in [0.15, 0.2) is 0 Å².